The summed E-state index contributed by atoms with van der Waals surface area (Å²) >= 11 is 0. The zero-order valence-electron chi connectivity index (χ0n) is 5.80. The maximum absolute atomic E-state index is 5.58. The van der Waals surface area contributed by atoms with Gasteiger partial charge in [-0.3, -0.25) is 9.89 Å². The number of hydrogen-bond donors (Lipinski definition) is 2. The molecule has 3 heteroatoms. The molecule has 52 valence electrons. The monoisotopic (exact) mass is 128 g/mol. The molecule has 1 atom stereocenters. The molecule has 0 spiro atoms. The summed E-state index contributed by atoms with van der Waals surface area (Å²) in [5.74, 6) is 0. The third-order valence-corrected chi connectivity index (χ3v) is 1.34. The van der Waals surface area contributed by atoms with Crippen molar-refractivity contribution in [2.45, 2.75) is 13.0 Å². The second kappa shape index (κ2) is 2.82. The van der Waals surface area contributed by atoms with Gasteiger partial charge in [-0.2, -0.15) is 0 Å². The van der Waals surface area contributed by atoms with Gasteiger partial charge in [-0.05, 0) is 6.92 Å². The number of nitrogens with two attached hydrogens (primary N) is 1. The molecule has 1 heterocycles. The van der Waals surface area contributed by atoms with Crippen molar-refractivity contribution < 1.29 is 4.58 Å². The highest BCUT2D eigenvalue weighted by atomic mass is 15.2. The molecule has 0 aromatic carbocycles. The van der Waals surface area contributed by atoms with Crippen LogP contribution in [-0.2, 0) is 0 Å². The first-order valence-electron chi connectivity index (χ1n) is 3.35. The summed E-state index contributed by atoms with van der Waals surface area (Å²) in [5.41, 5.74) is 5.58. The molecular formula is C6H14N3+. The Hall–Kier alpha value is -0.570. The quantitative estimate of drug-likeness (QED) is 0.467. The summed E-state index contributed by atoms with van der Waals surface area (Å²) in [6.07, 6.45) is 2.00. The van der Waals surface area contributed by atoms with E-state index in [9.17, 15) is 0 Å². The standard InChI is InChI=1S/C6H13N3/c1-6(7)4-9-3-2-8-5-9/h5-6H,2-4,7H2,1H3/p+1. The van der Waals surface area contributed by atoms with Crippen LogP contribution in [-0.4, -0.2) is 36.6 Å². The van der Waals surface area contributed by atoms with Crippen molar-refractivity contribution in [3.63, 3.8) is 0 Å². The van der Waals surface area contributed by atoms with E-state index in [1.165, 1.54) is 0 Å². The van der Waals surface area contributed by atoms with Gasteiger partial charge in [0.05, 0.1) is 6.54 Å². The third kappa shape index (κ3) is 2.01. The van der Waals surface area contributed by atoms with E-state index in [2.05, 4.69) is 9.89 Å². The van der Waals surface area contributed by atoms with Crippen molar-refractivity contribution in [1.82, 2.24) is 5.32 Å². The van der Waals surface area contributed by atoms with E-state index < -0.39 is 0 Å². The lowest BCUT2D eigenvalue weighted by Gasteiger charge is -2.02. The van der Waals surface area contributed by atoms with E-state index in [-0.39, 0.29) is 6.04 Å². The van der Waals surface area contributed by atoms with Crippen molar-refractivity contribution in [2.75, 3.05) is 19.6 Å². The molecule has 1 aliphatic heterocycles. The molecule has 0 saturated carbocycles. The third-order valence-electron chi connectivity index (χ3n) is 1.34. The predicted octanol–water partition coefficient (Wildman–Crippen LogP) is -1.02. The first-order chi connectivity index (χ1) is 4.29. The maximum atomic E-state index is 5.58. The average molecular weight is 128 g/mol. The molecule has 0 bridgehead atoms. The van der Waals surface area contributed by atoms with E-state index in [0.717, 1.165) is 19.6 Å². The summed E-state index contributed by atoms with van der Waals surface area (Å²) in [4.78, 5) is 0. The SMILES string of the molecule is CC(N)C[N+]1=CNCC1. The van der Waals surface area contributed by atoms with Crippen LogP contribution in [0.3, 0.4) is 0 Å². The summed E-state index contributed by atoms with van der Waals surface area (Å²) in [6.45, 7) is 5.15. The summed E-state index contributed by atoms with van der Waals surface area (Å²) in [6, 6.07) is 0.279. The van der Waals surface area contributed by atoms with Crippen LogP contribution in [0.5, 0.6) is 0 Å². The Morgan fingerprint density at radius 2 is 2.67 bits per heavy atom. The molecule has 0 aliphatic carbocycles. The molecule has 0 radical (unpaired) electrons. The Labute approximate surface area is 55.6 Å². The fourth-order valence-electron chi connectivity index (χ4n) is 0.980. The Balaban J connectivity index is 2.26. The van der Waals surface area contributed by atoms with Crippen LogP contribution in [0.25, 0.3) is 0 Å². The number of rotatable bonds is 2. The van der Waals surface area contributed by atoms with Crippen molar-refractivity contribution in [2.24, 2.45) is 5.73 Å². The molecule has 3 nitrogen and oxygen atoms in total. The van der Waals surface area contributed by atoms with Gasteiger partial charge in [0.2, 0.25) is 6.34 Å². The van der Waals surface area contributed by atoms with Gasteiger partial charge in [-0.25, -0.2) is 0 Å². The topological polar surface area (TPSA) is 41.1 Å². The molecule has 0 aromatic rings. The highest BCUT2D eigenvalue weighted by Gasteiger charge is 2.08. The van der Waals surface area contributed by atoms with Crippen molar-refractivity contribution >= 4 is 6.34 Å². The van der Waals surface area contributed by atoms with E-state index in [0.29, 0.717) is 0 Å². The zero-order chi connectivity index (χ0) is 6.69. The van der Waals surface area contributed by atoms with Crippen molar-refractivity contribution in [3.05, 3.63) is 0 Å². The Bertz CT molecular complexity index is 117. The molecule has 3 N–H and O–H groups in total. The first kappa shape index (κ1) is 6.55. The predicted molar refractivity (Wildman–Crippen MR) is 37.7 cm³/mol. The normalized spacial score (nSPS) is 20.9. The van der Waals surface area contributed by atoms with E-state index in [1.807, 2.05) is 13.3 Å². The van der Waals surface area contributed by atoms with Crippen molar-refractivity contribution in [1.29, 1.82) is 0 Å². The summed E-state index contributed by atoms with van der Waals surface area (Å²) in [7, 11) is 0. The lowest BCUT2D eigenvalue weighted by Crippen LogP contribution is -2.28. The molecule has 0 amide bonds. The fraction of sp³-hybridized carbons (Fsp3) is 0.833. The Morgan fingerprint density at radius 3 is 3.11 bits per heavy atom. The van der Waals surface area contributed by atoms with Crippen LogP contribution < -0.4 is 11.1 Å². The largest absolute Gasteiger partial charge is 0.325 e. The van der Waals surface area contributed by atoms with Crippen LogP contribution >= 0.6 is 0 Å². The molecule has 9 heavy (non-hydrogen) atoms. The highest BCUT2D eigenvalue weighted by Crippen LogP contribution is 1.82. The minimum atomic E-state index is 0.279. The molecule has 0 aromatic heterocycles. The van der Waals surface area contributed by atoms with E-state index >= 15 is 0 Å². The van der Waals surface area contributed by atoms with Gasteiger partial charge in [0, 0.05) is 6.04 Å². The van der Waals surface area contributed by atoms with Crippen LogP contribution in [0.1, 0.15) is 6.92 Å². The molecule has 0 fully saturated rings. The zero-order valence-corrected chi connectivity index (χ0v) is 5.80. The van der Waals surface area contributed by atoms with Crippen LogP contribution in [0.15, 0.2) is 0 Å². The molecule has 1 rings (SSSR count). The van der Waals surface area contributed by atoms with Gasteiger partial charge in [0.15, 0.2) is 0 Å². The lowest BCUT2D eigenvalue weighted by molar-refractivity contribution is -0.515. The van der Waals surface area contributed by atoms with Gasteiger partial charge in [-0.1, -0.05) is 0 Å². The molecular weight excluding hydrogens is 114 g/mol. The van der Waals surface area contributed by atoms with Crippen LogP contribution in [0.4, 0.5) is 0 Å². The first-order valence-corrected chi connectivity index (χ1v) is 3.35. The van der Waals surface area contributed by atoms with E-state index in [4.69, 9.17) is 5.73 Å². The minimum Gasteiger partial charge on any atom is -0.325 e. The lowest BCUT2D eigenvalue weighted by atomic mass is 10.3. The second-order valence-corrected chi connectivity index (χ2v) is 2.56. The smallest absolute Gasteiger partial charge is 0.232 e. The number of nitrogens with zero attached hydrogens (tertiary/aromatic N) is 1. The maximum Gasteiger partial charge on any atom is 0.232 e. The van der Waals surface area contributed by atoms with E-state index in [1.54, 1.807) is 0 Å². The molecule has 1 aliphatic rings. The molecule has 1 unspecified atom stereocenters. The van der Waals surface area contributed by atoms with Crippen LogP contribution in [0.2, 0.25) is 0 Å². The number of nitrogens with one attached hydrogen (secondary N) is 1. The Morgan fingerprint density at radius 1 is 1.89 bits per heavy atom. The Kier molecular flexibility index (Phi) is 2.05. The highest BCUT2D eigenvalue weighted by molar-refractivity contribution is 5.49. The second-order valence-electron chi connectivity index (χ2n) is 2.56. The van der Waals surface area contributed by atoms with Gasteiger partial charge in [0.1, 0.15) is 13.1 Å². The van der Waals surface area contributed by atoms with Gasteiger partial charge in [-0.15, -0.1) is 0 Å². The molecule has 0 saturated heterocycles. The van der Waals surface area contributed by atoms with Gasteiger partial charge in [0.25, 0.3) is 0 Å². The summed E-state index contributed by atoms with van der Waals surface area (Å²) < 4.78 is 2.20. The number of hydrogen-bond acceptors (Lipinski definition) is 2. The van der Waals surface area contributed by atoms with Gasteiger partial charge < -0.3 is 5.73 Å². The fourth-order valence-corrected chi connectivity index (χ4v) is 0.980. The average Bonchev–Trinajstić information content (AvgIpc) is 2.15. The summed E-state index contributed by atoms with van der Waals surface area (Å²) in [5, 5.41) is 3.12. The van der Waals surface area contributed by atoms with Gasteiger partial charge >= 0.3 is 0 Å². The van der Waals surface area contributed by atoms with Crippen LogP contribution in [0, 0.1) is 0 Å². The van der Waals surface area contributed by atoms with Crippen molar-refractivity contribution in [3.8, 4) is 0 Å². The minimum absolute atomic E-state index is 0.279.